The van der Waals surface area contributed by atoms with Gasteiger partial charge in [-0.25, -0.2) is 0 Å². The van der Waals surface area contributed by atoms with Gasteiger partial charge in [0.05, 0.1) is 6.42 Å². The van der Waals surface area contributed by atoms with Crippen LogP contribution in [0.4, 0.5) is 0 Å². The molecule has 0 spiro atoms. The van der Waals surface area contributed by atoms with Crippen LogP contribution < -0.4 is 4.74 Å². The number of carbonyl (C=O) groups is 1. The number of phenolic OH excluding ortho intramolecular Hbond substituents is 4. The van der Waals surface area contributed by atoms with E-state index in [-0.39, 0.29) is 64.9 Å². The summed E-state index contributed by atoms with van der Waals surface area (Å²) in [7, 11) is 0. The molecule has 4 aromatic carbocycles. The van der Waals surface area contributed by atoms with Crippen LogP contribution >= 0.6 is 0 Å². The van der Waals surface area contributed by atoms with Gasteiger partial charge in [0.15, 0.2) is 5.78 Å². The van der Waals surface area contributed by atoms with E-state index in [1.165, 1.54) is 6.07 Å². The molecule has 0 saturated heterocycles. The molecule has 0 amide bonds. The molecule has 0 aliphatic carbocycles. The van der Waals surface area contributed by atoms with E-state index in [2.05, 4.69) is 0 Å². The predicted octanol–water partition coefficient (Wildman–Crippen LogP) is 5.40. The highest BCUT2D eigenvalue weighted by molar-refractivity contribution is 6.04. The maximum Gasteiger partial charge on any atom is 0.174 e. The Labute approximate surface area is 202 Å². The third-order valence-electron chi connectivity index (χ3n) is 6.33. The van der Waals surface area contributed by atoms with Gasteiger partial charge in [0.25, 0.3) is 0 Å². The summed E-state index contributed by atoms with van der Waals surface area (Å²) in [6.45, 7) is 0. The van der Waals surface area contributed by atoms with E-state index in [0.717, 1.165) is 5.56 Å². The van der Waals surface area contributed by atoms with Gasteiger partial charge < -0.3 is 25.2 Å². The SMILES string of the molecule is O=C1CC(c2ccccc2)Oc2c(Cc3cccc(O)c3)c(O)c(Cc3ccccc3O)c(O)c21. The Balaban J connectivity index is 1.67. The zero-order valence-electron chi connectivity index (χ0n) is 18.8. The number of aromatic hydroxyl groups is 4. The number of para-hydroxylation sites is 1. The molecule has 0 fully saturated rings. The summed E-state index contributed by atoms with van der Waals surface area (Å²) in [5.41, 5.74) is 2.49. The van der Waals surface area contributed by atoms with Crippen molar-refractivity contribution in [3.63, 3.8) is 0 Å². The Morgan fingerprint density at radius 2 is 1.51 bits per heavy atom. The maximum absolute atomic E-state index is 13.3. The highest BCUT2D eigenvalue weighted by Gasteiger charge is 2.36. The maximum atomic E-state index is 13.3. The third kappa shape index (κ3) is 4.26. The first-order chi connectivity index (χ1) is 16.9. The van der Waals surface area contributed by atoms with E-state index in [0.29, 0.717) is 16.7 Å². The molecule has 0 aromatic heterocycles. The molecule has 4 N–H and O–H groups in total. The minimum Gasteiger partial charge on any atom is -0.508 e. The van der Waals surface area contributed by atoms with Crippen molar-refractivity contribution in [3.05, 3.63) is 112 Å². The van der Waals surface area contributed by atoms with E-state index in [4.69, 9.17) is 4.74 Å². The summed E-state index contributed by atoms with van der Waals surface area (Å²) in [6, 6.07) is 22.6. The van der Waals surface area contributed by atoms with Crippen LogP contribution in [0.3, 0.4) is 0 Å². The van der Waals surface area contributed by atoms with Gasteiger partial charge in [-0.2, -0.15) is 0 Å². The fourth-order valence-electron chi connectivity index (χ4n) is 4.56. The molecule has 6 heteroatoms. The fraction of sp³-hybridized carbons (Fsp3) is 0.138. The van der Waals surface area contributed by atoms with Crippen molar-refractivity contribution >= 4 is 5.78 Å². The van der Waals surface area contributed by atoms with Crippen LogP contribution in [-0.2, 0) is 12.8 Å². The van der Waals surface area contributed by atoms with Crippen LogP contribution in [-0.4, -0.2) is 26.2 Å². The summed E-state index contributed by atoms with van der Waals surface area (Å²) in [5, 5.41) is 42.7. The second-order valence-electron chi connectivity index (χ2n) is 8.66. The highest BCUT2D eigenvalue weighted by atomic mass is 16.5. The average molecular weight is 469 g/mol. The van der Waals surface area contributed by atoms with E-state index in [1.807, 2.05) is 30.3 Å². The monoisotopic (exact) mass is 468 g/mol. The van der Waals surface area contributed by atoms with Gasteiger partial charge in [-0.05, 0) is 34.9 Å². The molecule has 6 nitrogen and oxygen atoms in total. The molecule has 1 unspecified atom stereocenters. The minimum absolute atomic E-state index is 0.0139. The normalized spacial score (nSPS) is 14.9. The molecule has 35 heavy (non-hydrogen) atoms. The number of rotatable bonds is 5. The van der Waals surface area contributed by atoms with Crippen molar-refractivity contribution in [2.75, 3.05) is 0 Å². The topological polar surface area (TPSA) is 107 Å². The number of ether oxygens (including phenoxy) is 1. The van der Waals surface area contributed by atoms with E-state index >= 15 is 0 Å². The number of Topliss-reactive ketones (excluding diaryl/α,β-unsaturated/α-hetero) is 1. The van der Waals surface area contributed by atoms with E-state index < -0.39 is 6.10 Å². The Morgan fingerprint density at radius 3 is 2.26 bits per heavy atom. The molecule has 0 saturated carbocycles. The first-order valence-electron chi connectivity index (χ1n) is 11.3. The lowest BCUT2D eigenvalue weighted by atomic mass is 9.87. The number of benzene rings is 4. The summed E-state index contributed by atoms with van der Waals surface area (Å²) in [4.78, 5) is 13.3. The lowest BCUT2D eigenvalue weighted by molar-refractivity contribution is 0.0842. The van der Waals surface area contributed by atoms with Crippen molar-refractivity contribution in [1.82, 2.24) is 0 Å². The lowest BCUT2D eigenvalue weighted by Crippen LogP contribution is -2.22. The lowest BCUT2D eigenvalue weighted by Gasteiger charge is -2.30. The molecule has 176 valence electrons. The number of fused-ring (bicyclic) bond motifs is 1. The Morgan fingerprint density at radius 1 is 0.771 bits per heavy atom. The summed E-state index contributed by atoms with van der Waals surface area (Å²) >= 11 is 0. The summed E-state index contributed by atoms with van der Waals surface area (Å²) in [5.74, 6) is -0.637. The Hall–Kier alpha value is -4.45. The smallest absolute Gasteiger partial charge is 0.174 e. The molecule has 4 aromatic rings. The zero-order chi connectivity index (χ0) is 24.5. The number of carbonyl (C=O) groups excluding carboxylic acids is 1. The zero-order valence-corrected chi connectivity index (χ0v) is 18.8. The molecule has 1 aliphatic heterocycles. The number of ketones is 1. The number of phenols is 4. The highest BCUT2D eigenvalue weighted by Crippen LogP contribution is 2.49. The van der Waals surface area contributed by atoms with Crippen LogP contribution in [0.5, 0.6) is 28.7 Å². The van der Waals surface area contributed by atoms with Crippen molar-refractivity contribution in [3.8, 4) is 28.7 Å². The van der Waals surface area contributed by atoms with Gasteiger partial charge >= 0.3 is 0 Å². The van der Waals surface area contributed by atoms with Gasteiger partial charge in [-0.3, -0.25) is 4.79 Å². The van der Waals surface area contributed by atoms with Gasteiger partial charge in [0, 0.05) is 24.0 Å². The molecule has 1 atom stereocenters. The first kappa shape index (κ1) is 22.3. The van der Waals surface area contributed by atoms with Crippen molar-refractivity contribution < 1.29 is 30.0 Å². The molecular weight excluding hydrogens is 444 g/mol. The van der Waals surface area contributed by atoms with Gasteiger partial charge in [-0.1, -0.05) is 60.7 Å². The van der Waals surface area contributed by atoms with Gasteiger partial charge in [0.2, 0.25) is 0 Å². The van der Waals surface area contributed by atoms with Crippen LogP contribution in [0.1, 0.15) is 50.7 Å². The van der Waals surface area contributed by atoms with Crippen molar-refractivity contribution in [1.29, 1.82) is 0 Å². The molecule has 0 bridgehead atoms. The second-order valence-corrected chi connectivity index (χ2v) is 8.66. The Bertz CT molecular complexity index is 1410. The quantitative estimate of drug-likeness (QED) is 0.313. The summed E-state index contributed by atoms with van der Waals surface area (Å²) < 4.78 is 6.26. The fourth-order valence-corrected chi connectivity index (χ4v) is 4.56. The average Bonchev–Trinajstić information content (AvgIpc) is 2.85. The first-order valence-corrected chi connectivity index (χ1v) is 11.3. The largest absolute Gasteiger partial charge is 0.508 e. The minimum atomic E-state index is -0.568. The number of hydrogen-bond donors (Lipinski definition) is 4. The van der Waals surface area contributed by atoms with Crippen LogP contribution in [0.25, 0.3) is 0 Å². The Kier molecular flexibility index (Phi) is 5.79. The van der Waals surface area contributed by atoms with Crippen LogP contribution in [0, 0.1) is 0 Å². The van der Waals surface area contributed by atoms with Crippen molar-refractivity contribution in [2.45, 2.75) is 25.4 Å². The van der Waals surface area contributed by atoms with E-state index in [1.54, 1.807) is 42.5 Å². The standard InChI is InChI=1S/C29H24O6/c30-20-11-6-7-17(13-20)14-22-27(33)21(15-19-10-4-5-12-23(19)31)28(34)26-24(32)16-25(35-29(22)26)18-8-2-1-3-9-18/h1-13,25,30-31,33-34H,14-16H2. The van der Waals surface area contributed by atoms with E-state index in [9.17, 15) is 25.2 Å². The molecular formula is C29H24O6. The van der Waals surface area contributed by atoms with Gasteiger partial charge in [-0.15, -0.1) is 0 Å². The van der Waals surface area contributed by atoms with Crippen LogP contribution in [0.15, 0.2) is 78.9 Å². The molecule has 0 radical (unpaired) electrons. The van der Waals surface area contributed by atoms with Gasteiger partial charge in [0.1, 0.15) is 40.4 Å². The summed E-state index contributed by atoms with van der Waals surface area (Å²) in [6.07, 6.45) is -0.357. The van der Waals surface area contributed by atoms with Crippen LogP contribution in [0.2, 0.25) is 0 Å². The molecule has 5 rings (SSSR count). The third-order valence-corrected chi connectivity index (χ3v) is 6.33. The van der Waals surface area contributed by atoms with Crippen molar-refractivity contribution in [2.24, 2.45) is 0 Å². The second kappa shape index (κ2) is 9.06. The predicted molar refractivity (Wildman–Crippen MR) is 130 cm³/mol. The molecule has 1 aliphatic rings. The molecule has 1 heterocycles. The number of hydrogen-bond acceptors (Lipinski definition) is 6.